The van der Waals surface area contributed by atoms with Crippen LogP contribution in [-0.4, -0.2) is 40.7 Å². The molecular formula is C31H29N3O5S2. The first-order valence-corrected chi connectivity index (χ1v) is 15.0. The van der Waals surface area contributed by atoms with Gasteiger partial charge in [-0.15, -0.1) is 10.2 Å². The summed E-state index contributed by atoms with van der Waals surface area (Å²) < 4.78 is 11.7. The second-order valence-electron chi connectivity index (χ2n) is 9.29. The van der Waals surface area contributed by atoms with Crippen LogP contribution in [0.1, 0.15) is 42.5 Å². The van der Waals surface area contributed by atoms with Crippen LogP contribution in [0.3, 0.4) is 0 Å². The lowest BCUT2D eigenvalue weighted by molar-refractivity contribution is -0.132. The zero-order valence-electron chi connectivity index (χ0n) is 22.6. The molecule has 5 rings (SSSR count). The standard InChI is InChI=1S/C31H29N3O5S2/c1-3-4-18-39-24-16-12-22(13-17-24)27(35)25-26(21-10-14-23(38-2)15-11-21)34(29(37)28(25)36)30-32-33-31(41-30)40-19-20-8-6-5-7-9-20/h5-17,26,35H,3-4,18-19H2,1-2H3/t26-/m0/s1. The molecule has 3 aromatic carbocycles. The average molecular weight is 588 g/mol. The van der Waals surface area contributed by atoms with Gasteiger partial charge in [-0.05, 0) is 53.9 Å². The van der Waals surface area contributed by atoms with E-state index in [1.54, 1.807) is 55.6 Å². The second-order valence-corrected chi connectivity index (χ2v) is 11.5. The van der Waals surface area contributed by atoms with Gasteiger partial charge in [-0.25, -0.2) is 0 Å². The van der Waals surface area contributed by atoms with E-state index < -0.39 is 17.7 Å². The maximum atomic E-state index is 13.5. The normalized spacial score (nSPS) is 16.2. The predicted molar refractivity (Wildman–Crippen MR) is 161 cm³/mol. The molecule has 1 amide bonds. The fraction of sp³-hybridized carbons (Fsp3) is 0.226. The number of carbonyl (C=O) groups excluding carboxylic acids is 2. The molecule has 1 fully saturated rings. The van der Waals surface area contributed by atoms with Crippen LogP contribution in [0.5, 0.6) is 11.5 Å². The Labute approximate surface area is 246 Å². The highest BCUT2D eigenvalue weighted by atomic mass is 32.2. The van der Waals surface area contributed by atoms with E-state index in [1.807, 2.05) is 30.3 Å². The van der Waals surface area contributed by atoms with Crippen molar-refractivity contribution in [1.82, 2.24) is 10.2 Å². The van der Waals surface area contributed by atoms with Gasteiger partial charge in [-0.1, -0.05) is 78.9 Å². The summed E-state index contributed by atoms with van der Waals surface area (Å²) in [7, 11) is 1.56. The third kappa shape index (κ3) is 6.28. The highest BCUT2D eigenvalue weighted by Gasteiger charge is 2.48. The van der Waals surface area contributed by atoms with Gasteiger partial charge in [0.2, 0.25) is 5.13 Å². The molecule has 4 aromatic rings. The molecule has 0 aliphatic carbocycles. The number of Topliss-reactive ketones (excluding diaryl/α,β-unsaturated/α-hetero) is 1. The molecule has 2 heterocycles. The summed E-state index contributed by atoms with van der Waals surface area (Å²) in [5.74, 6) is 0.142. The first-order valence-electron chi connectivity index (χ1n) is 13.2. The van der Waals surface area contributed by atoms with E-state index in [1.165, 1.54) is 28.0 Å². The van der Waals surface area contributed by atoms with Crippen LogP contribution in [0.15, 0.2) is 88.8 Å². The Hall–Kier alpha value is -4.15. The van der Waals surface area contributed by atoms with Gasteiger partial charge in [0.15, 0.2) is 4.34 Å². The number of aromatic nitrogens is 2. The zero-order chi connectivity index (χ0) is 28.8. The highest BCUT2D eigenvalue weighted by Crippen LogP contribution is 2.44. The third-order valence-electron chi connectivity index (χ3n) is 6.58. The van der Waals surface area contributed by atoms with Gasteiger partial charge < -0.3 is 14.6 Å². The van der Waals surface area contributed by atoms with E-state index in [-0.39, 0.29) is 16.5 Å². The predicted octanol–water partition coefficient (Wildman–Crippen LogP) is 6.64. The summed E-state index contributed by atoms with van der Waals surface area (Å²) in [6.07, 6.45) is 1.96. The summed E-state index contributed by atoms with van der Waals surface area (Å²) in [6, 6.07) is 22.9. The number of amides is 1. The van der Waals surface area contributed by atoms with Crippen molar-refractivity contribution in [2.24, 2.45) is 0 Å². The molecule has 0 saturated carbocycles. The Bertz CT molecular complexity index is 1540. The summed E-state index contributed by atoms with van der Waals surface area (Å²) in [5, 5.41) is 20.2. The summed E-state index contributed by atoms with van der Waals surface area (Å²) in [6.45, 7) is 2.68. The summed E-state index contributed by atoms with van der Waals surface area (Å²) >= 11 is 2.73. The summed E-state index contributed by atoms with van der Waals surface area (Å²) in [5.41, 5.74) is 2.14. The molecule has 1 saturated heterocycles. The Morgan fingerprint density at radius 1 is 0.976 bits per heavy atom. The number of ketones is 1. The maximum absolute atomic E-state index is 13.5. The van der Waals surface area contributed by atoms with Gasteiger partial charge in [0, 0.05) is 11.3 Å². The number of anilines is 1. The molecule has 1 aliphatic rings. The average Bonchev–Trinajstić information content (AvgIpc) is 3.58. The van der Waals surface area contributed by atoms with Crippen molar-refractivity contribution in [3.8, 4) is 11.5 Å². The van der Waals surface area contributed by atoms with E-state index in [4.69, 9.17) is 9.47 Å². The number of methoxy groups -OCH3 is 1. The van der Waals surface area contributed by atoms with Crippen molar-refractivity contribution in [1.29, 1.82) is 0 Å². The van der Waals surface area contributed by atoms with E-state index in [0.717, 1.165) is 18.4 Å². The Kier molecular flexibility index (Phi) is 9.01. The fourth-order valence-corrected chi connectivity index (χ4v) is 6.23. The van der Waals surface area contributed by atoms with Crippen molar-refractivity contribution in [3.05, 3.63) is 101 Å². The molecule has 0 bridgehead atoms. The number of aliphatic hydroxyl groups excluding tert-OH is 1. The first-order chi connectivity index (χ1) is 20.0. The number of unbranched alkanes of at least 4 members (excludes halogenated alkanes) is 1. The van der Waals surface area contributed by atoms with Crippen molar-refractivity contribution >= 4 is 45.7 Å². The van der Waals surface area contributed by atoms with Gasteiger partial charge in [0.25, 0.3) is 5.78 Å². The smallest absolute Gasteiger partial charge is 0.301 e. The van der Waals surface area contributed by atoms with Crippen LogP contribution < -0.4 is 14.4 Å². The quantitative estimate of drug-likeness (QED) is 0.0520. The number of benzene rings is 3. The SMILES string of the molecule is CCCCOc1ccc(C(O)=C2C(=O)C(=O)N(c3nnc(SCc4ccccc4)s3)[C@H]2c2ccc(OC)cc2)cc1. The monoisotopic (exact) mass is 587 g/mol. The van der Waals surface area contributed by atoms with Gasteiger partial charge in [-0.2, -0.15) is 0 Å². The maximum Gasteiger partial charge on any atom is 0.301 e. The van der Waals surface area contributed by atoms with Gasteiger partial charge in [0.1, 0.15) is 17.3 Å². The van der Waals surface area contributed by atoms with E-state index >= 15 is 0 Å². The molecule has 41 heavy (non-hydrogen) atoms. The van der Waals surface area contributed by atoms with E-state index in [9.17, 15) is 14.7 Å². The molecule has 1 aliphatic heterocycles. The first kappa shape index (κ1) is 28.4. The van der Waals surface area contributed by atoms with Crippen LogP contribution in [0, 0.1) is 0 Å². The molecule has 0 spiro atoms. The molecule has 0 unspecified atom stereocenters. The van der Waals surface area contributed by atoms with Crippen molar-refractivity contribution in [2.45, 2.75) is 35.9 Å². The molecule has 8 nitrogen and oxygen atoms in total. The number of hydrogen-bond acceptors (Lipinski definition) is 9. The minimum atomic E-state index is -0.902. The van der Waals surface area contributed by atoms with Crippen molar-refractivity contribution in [3.63, 3.8) is 0 Å². The van der Waals surface area contributed by atoms with Crippen LogP contribution >= 0.6 is 23.1 Å². The number of rotatable bonds is 11. The molecule has 1 atom stereocenters. The number of carbonyl (C=O) groups is 2. The van der Waals surface area contributed by atoms with E-state index in [2.05, 4.69) is 17.1 Å². The van der Waals surface area contributed by atoms with Crippen LogP contribution in [0.2, 0.25) is 0 Å². The molecule has 1 aromatic heterocycles. The van der Waals surface area contributed by atoms with Gasteiger partial charge >= 0.3 is 5.91 Å². The second kappa shape index (κ2) is 13.0. The Morgan fingerprint density at radius 3 is 2.37 bits per heavy atom. The zero-order valence-corrected chi connectivity index (χ0v) is 24.3. The topological polar surface area (TPSA) is 102 Å². The number of aliphatic hydroxyl groups is 1. The molecule has 1 N–H and O–H groups in total. The Balaban J connectivity index is 1.50. The third-order valence-corrected chi connectivity index (χ3v) is 8.70. The highest BCUT2D eigenvalue weighted by molar-refractivity contribution is 8.00. The van der Waals surface area contributed by atoms with Crippen LogP contribution in [0.25, 0.3) is 5.76 Å². The molecule has 0 radical (unpaired) electrons. The van der Waals surface area contributed by atoms with Crippen LogP contribution in [0.4, 0.5) is 5.13 Å². The van der Waals surface area contributed by atoms with Crippen molar-refractivity contribution in [2.75, 3.05) is 18.6 Å². The molecule has 210 valence electrons. The molecule has 10 heteroatoms. The lowest BCUT2D eigenvalue weighted by Crippen LogP contribution is -2.29. The van der Waals surface area contributed by atoms with Gasteiger partial charge in [0.05, 0.1) is 25.3 Å². The van der Waals surface area contributed by atoms with Crippen molar-refractivity contribution < 1.29 is 24.2 Å². The summed E-state index contributed by atoms with van der Waals surface area (Å²) in [4.78, 5) is 28.3. The molecular weight excluding hydrogens is 558 g/mol. The fourth-order valence-electron chi connectivity index (χ4n) is 4.41. The van der Waals surface area contributed by atoms with Gasteiger partial charge in [-0.3, -0.25) is 14.5 Å². The largest absolute Gasteiger partial charge is 0.507 e. The minimum absolute atomic E-state index is 0.0199. The lowest BCUT2D eigenvalue weighted by atomic mass is 9.95. The Morgan fingerprint density at radius 2 is 1.68 bits per heavy atom. The van der Waals surface area contributed by atoms with Crippen LogP contribution in [-0.2, 0) is 15.3 Å². The number of ether oxygens (including phenoxy) is 2. The number of thioether (sulfide) groups is 1. The number of nitrogens with zero attached hydrogens (tertiary/aromatic N) is 3. The minimum Gasteiger partial charge on any atom is -0.507 e. The number of hydrogen-bond donors (Lipinski definition) is 1. The van der Waals surface area contributed by atoms with E-state index in [0.29, 0.717) is 39.3 Å². The lowest BCUT2D eigenvalue weighted by Gasteiger charge is -2.22.